The molecule has 6 aliphatic rings. The topological polar surface area (TPSA) is 18.5 Å². The molecule has 0 radical (unpaired) electrons. The summed E-state index contributed by atoms with van der Waals surface area (Å²) in [5.41, 5.74) is 6.01. The monoisotopic (exact) mass is 894 g/mol. The predicted octanol–water partition coefficient (Wildman–Crippen LogP) is 3.53. The lowest BCUT2D eigenvalue weighted by atomic mass is 9.53. The summed E-state index contributed by atoms with van der Waals surface area (Å²) in [6.07, 6.45) is 20.2. The Morgan fingerprint density at radius 2 is 0.918 bits per heavy atom. The number of hydrogen-bond acceptors (Lipinski definition) is 2. The highest BCUT2D eigenvalue weighted by molar-refractivity contribution is 5.83. The van der Waals surface area contributed by atoms with E-state index in [0.717, 1.165) is 61.2 Å². The maximum Gasteiger partial charge on any atom is 0.119 e. The minimum Gasteiger partial charge on any atom is -1.00 e. The van der Waals surface area contributed by atoms with E-state index >= 15 is 0 Å². The van der Waals surface area contributed by atoms with Gasteiger partial charge in [0, 0.05) is 12.8 Å². The number of allylic oxidation sites excluding steroid dienone is 1. The van der Waals surface area contributed by atoms with Crippen molar-refractivity contribution < 1.29 is 66.4 Å². The van der Waals surface area contributed by atoms with Crippen LogP contribution < -0.4 is 57.4 Å². The SMILES string of the molecule is C[N+]1(CCCCCCOc2ccc(C(=C3C4CC5CC(C4)CC3C5)c3ccc(OCCCCCC[N+]4(C)CCC4)cc3)cc2)CCC1.[I-].[I-]. The Balaban J connectivity index is 0.00000234. The molecule has 0 spiro atoms. The Kier molecular flexibility index (Phi) is 14.7. The number of nitrogens with zero attached hydrogens (tertiary/aromatic N) is 2. The molecule has 0 unspecified atom stereocenters. The van der Waals surface area contributed by atoms with E-state index < -0.39 is 0 Å². The van der Waals surface area contributed by atoms with Crippen LogP contribution in [0.5, 0.6) is 11.5 Å². The second kappa shape index (κ2) is 18.3. The molecule has 2 aromatic carbocycles. The van der Waals surface area contributed by atoms with Crippen LogP contribution in [0, 0.1) is 23.7 Å². The molecule has 272 valence electrons. The molecule has 49 heavy (non-hydrogen) atoms. The number of halogens is 2. The number of likely N-dealkylation sites (tertiary alicyclic amines) is 2. The van der Waals surface area contributed by atoms with Gasteiger partial charge in [0.05, 0.1) is 66.6 Å². The van der Waals surface area contributed by atoms with Gasteiger partial charge in [-0.05, 0) is 148 Å². The first-order valence-electron chi connectivity index (χ1n) is 19.8. The number of quaternary nitrogens is 2. The first kappa shape index (κ1) is 39.4. The van der Waals surface area contributed by atoms with Crippen LogP contribution in [0.25, 0.3) is 5.57 Å². The van der Waals surface area contributed by atoms with E-state index in [0.29, 0.717) is 0 Å². The zero-order chi connectivity index (χ0) is 32.1. The fourth-order valence-corrected chi connectivity index (χ4v) is 10.2. The highest BCUT2D eigenvalue weighted by Gasteiger charge is 2.46. The van der Waals surface area contributed by atoms with E-state index in [1.54, 1.807) is 5.57 Å². The summed E-state index contributed by atoms with van der Waals surface area (Å²) in [4.78, 5) is 0. The van der Waals surface area contributed by atoms with Crippen molar-refractivity contribution in [3.05, 3.63) is 65.2 Å². The van der Waals surface area contributed by atoms with Crippen molar-refractivity contribution >= 4 is 5.57 Å². The molecule has 0 N–H and O–H groups in total. The smallest absolute Gasteiger partial charge is 0.119 e. The minimum absolute atomic E-state index is 0. The van der Waals surface area contributed by atoms with Gasteiger partial charge in [-0.3, -0.25) is 0 Å². The third kappa shape index (κ3) is 10.2. The maximum absolute atomic E-state index is 6.24. The van der Waals surface area contributed by atoms with Gasteiger partial charge in [-0.25, -0.2) is 0 Å². The van der Waals surface area contributed by atoms with Gasteiger partial charge >= 0.3 is 0 Å². The van der Waals surface area contributed by atoms with Crippen molar-refractivity contribution in [2.24, 2.45) is 23.7 Å². The van der Waals surface area contributed by atoms with Crippen LogP contribution in [0.3, 0.4) is 0 Å². The number of ether oxygens (including phenoxy) is 2. The quantitative estimate of drug-likeness (QED) is 0.130. The van der Waals surface area contributed by atoms with E-state index in [-0.39, 0.29) is 48.0 Å². The summed E-state index contributed by atoms with van der Waals surface area (Å²) in [6, 6.07) is 18.3. The molecule has 6 fully saturated rings. The maximum atomic E-state index is 6.24. The van der Waals surface area contributed by atoms with Crippen LogP contribution in [-0.2, 0) is 0 Å². The molecular weight excluding hydrogens is 830 g/mol. The highest BCUT2D eigenvalue weighted by Crippen LogP contribution is 2.58. The van der Waals surface area contributed by atoms with Gasteiger partial charge in [0.2, 0.25) is 0 Å². The van der Waals surface area contributed by atoms with Crippen molar-refractivity contribution in [1.29, 1.82) is 0 Å². The summed E-state index contributed by atoms with van der Waals surface area (Å²) < 4.78 is 15.1. The van der Waals surface area contributed by atoms with Crippen molar-refractivity contribution in [2.75, 3.05) is 66.6 Å². The lowest BCUT2D eigenvalue weighted by Gasteiger charge is -2.52. The molecule has 2 aromatic rings. The molecule has 8 rings (SSSR count). The Morgan fingerprint density at radius 3 is 1.29 bits per heavy atom. The van der Waals surface area contributed by atoms with Gasteiger partial charge in [0.15, 0.2) is 0 Å². The Labute approximate surface area is 333 Å². The summed E-state index contributed by atoms with van der Waals surface area (Å²) in [5, 5.41) is 0. The summed E-state index contributed by atoms with van der Waals surface area (Å²) in [5.74, 6) is 5.50. The van der Waals surface area contributed by atoms with Crippen LogP contribution >= 0.6 is 0 Å². The van der Waals surface area contributed by atoms with Crippen molar-refractivity contribution in [3.8, 4) is 11.5 Å². The molecule has 2 heterocycles. The normalized spacial score (nSPS) is 25.4. The van der Waals surface area contributed by atoms with Gasteiger partial charge < -0.3 is 66.4 Å². The molecular formula is C43H64I2N2O2. The second-order valence-corrected chi connectivity index (χ2v) is 17.0. The average molecular weight is 895 g/mol. The number of rotatable bonds is 18. The molecule has 0 amide bonds. The van der Waals surface area contributed by atoms with Crippen molar-refractivity contribution in [1.82, 2.24) is 0 Å². The van der Waals surface area contributed by atoms with Gasteiger partial charge in [0.25, 0.3) is 0 Å². The average Bonchev–Trinajstić information content (AvgIpc) is 3.04. The van der Waals surface area contributed by atoms with Crippen molar-refractivity contribution in [3.63, 3.8) is 0 Å². The molecule has 4 saturated carbocycles. The zero-order valence-electron chi connectivity index (χ0n) is 30.7. The lowest BCUT2D eigenvalue weighted by Crippen LogP contribution is -3.00. The summed E-state index contributed by atoms with van der Waals surface area (Å²) in [6.45, 7) is 9.92. The lowest BCUT2D eigenvalue weighted by molar-refractivity contribution is -0.946. The molecule has 4 aliphatic carbocycles. The van der Waals surface area contributed by atoms with Crippen molar-refractivity contribution in [2.45, 2.75) is 96.3 Å². The first-order valence-corrected chi connectivity index (χ1v) is 19.8. The second-order valence-electron chi connectivity index (χ2n) is 17.0. The number of benzene rings is 2. The van der Waals surface area contributed by atoms with Crippen LogP contribution in [0.15, 0.2) is 54.1 Å². The molecule has 2 aliphatic heterocycles. The number of unbranched alkanes of at least 4 members (excludes halogenated alkanes) is 6. The van der Waals surface area contributed by atoms with Crippen LogP contribution in [0.1, 0.15) is 107 Å². The fourth-order valence-electron chi connectivity index (χ4n) is 10.2. The molecule has 0 atom stereocenters. The molecule has 6 heteroatoms. The fraction of sp³-hybridized carbons (Fsp3) is 0.674. The summed E-state index contributed by atoms with van der Waals surface area (Å²) in [7, 11) is 4.84. The van der Waals surface area contributed by atoms with Gasteiger partial charge in [0.1, 0.15) is 11.5 Å². The highest BCUT2D eigenvalue weighted by atomic mass is 127. The van der Waals surface area contributed by atoms with E-state index in [4.69, 9.17) is 9.47 Å². The van der Waals surface area contributed by atoms with Crippen LogP contribution in [-0.4, -0.2) is 75.5 Å². The van der Waals surface area contributed by atoms with Crippen LogP contribution in [0.4, 0.5) is 0 Å². The van der Waals surface area contributed by atoms with Gasteiger partial charge in [-0.2, -0.15) is 0 Å². The van der Waals surface area contributed by atoms with E-state index in [1.165, 1.54) is 148 Å². The standard InChI is InChI=1S/C43H64N2O2.2HI/c1-44(23-11-24-44)21-7-3-5-9-27-46-40-17-13-36(14-18-40)42(43-38-30-34-29-35(32-38)33-39(43)31-34)37-15-19-41(20-16-37)47-28-10-6-4-8-22-45(2)25-12-26-45;;/h13-20,34-35,38-39H,3-12,21-33H2,1-2H3;2*1H/q+2;;/p-2. The largest absolute Gasteiger partial charge is 1.00 e. The minimum atomic E-state index is 0. The third-order valence-corrected chi connectivity index (χ3v) is 13.1. The van der Waals surface area contributed by atoms with E-state index in [9.17, 15) is 0 Å². The van der Waals surface area contributed by atoms with Crippen LogP contribution in [0.2, 0.25) is 0 Å². The molecule has 2 saturated heterocycles. The molecule has 4 bridgehead atoms. The molecule has 0 aromatic heterocycles. The summed E-state index contributed by atoms with van der Waals surface area (Å²) >= 11 is 0. The Bertz CT molecular complexity index is 1220. The van der Waals surface area contributed by atoms with Gasteiger partial charge in [-0.1, -0.05) is 29.8 Å². The van der Waals surface area contributed by atoms with E-state index in [1.807, 2.05) is 0 Å². The van der Waals surface area contributed by atoms with E-state index in [2.05, 4.69) is 62.6 Å². The van der Waals surface area contributed by atoms with Gasteiger partial charge in [-0.15, -0.1) is 0 Å². The first-order chi connectivity index (χ1) is 23.0. The zero-order valence-corrected chi connectivity index (χ0v) is 35.0. The number of hydrogen-bond donors (Lipinski definition) is 0. The third-order valence-electron chi connectivity index (χ3n) is 13.1. The Morgan fingerprint density at radius 1 is 0.531 bits per heavy atom. The predicted molar refractivity (Wildman–Crippen MR) is 195 cm³/mol. The molecule has 4 nitrogen and oxygen atoms in total. The Hall–Kier alpha value is -0.840.